The fourth-order valence-electron chi connectivity index (χ4n) is 1.55. The van der Waals surface area contributed by atoms with Crippen molar-refractivity contribution in [3.8, 4) is 0 Å². The monoisotopic (exact) mass is 178 g/mol. The standard InChI is InChI=1S/C10H11FN2/c1-3-13-7(2)9-5-4-8(11)6-10(9)12-13/h4-6H,3H2,1-2H3. The maximum atomic E-state index is 12.8. The van der Waals surface area contributed by atoms with Crippen LogP contribution in [-0.4, -0.2) is 9.78 Å². The molecule has 0 bridgehead atoms. The molecule has 3 heteroatoms. The molecule has 2 nitrogen and oxygen atoms in total. The first kappa shape index (κ1) is 8.23. The van der Waals surface area contributed by atoms with Gasteiger partial charge in [-0.3, -0.25) is 4.68 Å². The second kappa shape index (κ2) is 2.83. The molecule has 68 valence electrons. The van der Waals surface area contributed by atoms with E-state index in [0.717, 1.165) is 23.1 Å². The van der Waals surface area contributed by atoms with Gasteiger partial charge in [-0.2, -0.15) is 5.10 Å². The Kier molecular flexibility index (Phi) is 1.79. The summed E-state index contributed by atoms with van der Waals surface area (Å²) in [5, 5.41) is 5.30. The van der Waals surface area contributed by atoms with E-state index in [1.165, 1.54) is 12.1 Å². The fourth-order valence-corrected chi connectivity index (χ4v) is 1.55. The van der Waals surface area contributed by atoms with Crippen molar-refractivity contribution in [2.45, 2.75) is 20.4 Å². The van der Waals surface area contributed by atoms with Gasteiger partial charge in [-0.25, -0.2) is 4.39 Å². The second-order valence-corrected chi connectivity index (χ2v) is 3.06. The number of hydrogen-bond acceptors (Lipinski definition) is 1. The minimum Gasteiger partial charge on any atom is -0.269 e. The Balaban J connectivity index is 2.76. The maximum absolute atomic E-state index is 12.8. The molecule has 0 saturated carbocycles. The Morgan fingerprint density at radius 2 is 2.23 bits per heavy atom. The SMILES string of the molecule is CCn1nc2cc(F)ccc2c1C. The predicted molar refractivity (Wildman–Crippen MR) is 50.1 cm³/mol. The topological polar surface area (TPSA) is 17.8 Å². The Labute approximate surface area is 76.0 Å². The fraction of sp³-hybridized carbons (Fsp3) is 0.300. The number of nitrogens with zero attached hydrogens (tertiary/aromatic N) is 2. The number of benzene rings is 1. The molecular weight excluding hydrogens is 167 g/mol. The summed E-state index contributed by atoms with van der Waals surface area (Å²) in [7, 11) is 0. The summed E-state index contributed by atoms with van der Waals surface area (Å²) in [6.07, 6.45) is 0. The molecule has 0 amide bonds. The summed E-state index contributed by atoms with van der Waals surface area (Å²) < 4.78 is 14.7. The van der Waals surface area contributed by atoms with Crippen LogP contribution in [0.25, 0.3) is 10.9 Å². The van der Waals surface area contributed by atoms with Crippen LogP contribution in [-0.2, 0) is 6.54 Å². The van der Waals surface area contributed by atoms with Crippen molar-refractivity contribution in [2.75, 3.05) is 0 Å². The predicted octanol–water partition coefficient (Wildman–Crippen LogP) is 2.50. The summed E-state index contributed by atoms with van der Waals surface area (Å²) in [4.78, 5) is 0. The van der Waals surface area contributed by atoms with E-state index in [1.807, 2.05) is 18.5 Å². The molecule has 0 spiro atoms. The Morgan fingerprint density at radius 3 is 2.92 bits per heavy atom. The van der Waals surface area contributed by atoms with Crippen LogP contribution in [0.2, 0.25) is 0 Å². The van der Waals surface area contributed by atoms with E-state index in [2.05, 4.69) is 5.10 Å². The third-order valence-electron chi connectivity index (χ3n) is 2.26. The van der Waals surface area contributed by atoms with E-state index in [4.69, 9.17) is 0 Å². The number of halogens is 1. The molecule has 0 atom stereocenters. The highest BCUT2D eigenvalue weighted by atomic mass is 19.1. The Bertz CT molecular complexity index is 445. The van der Waals surface area contributed by atoms with Gasteiger partial charge in [0, 0.05) is 23.7 Å². The average molecular weight is 178 g/mol. The molecule has 0 aliphatic rings. The number of aromatic nitrogens is 2. The van der Waals surface area contributed by atoms with Crippen LogP contribution in [0, 0.1) is 12.7 Å². The molecular formula is C10H11FN2. The van der Waals surface area contributed by atoms with E-state index in [9.17, 15) is 4.39 Å². The number of hydrogen-bond donors (Lipinski definition) is 0. The van der Waals surface area contributed by atoms with Gasteiger partial charge in [-0.05, 0) is 26.0 Å². The van der Waals surface area contributed by atoms with Crippen LogP contribution in [0.3, 0.4) is 0 Å². The lowest BCUT2D eigenvalue weighted by molar-refractivity contribution is 0.627. The molecule has 13 heavy (non-hydrogen) atoms. The van der Waals surface area contributed by atoms with Crippen LogP contribution >= 0.6 is 0 Å². The first-order valence-electron chi connectivity index (χ1n) is 4.35. The molecule has 2 aromatic rings. The largest absolute Gasteiger partial charge is 0.269 e. The summed E-state index contributed by atoms with van der Waals surface area (Å²) in [5.41, 5.74) is 1.83. The van der Waals surface area contributed by atoms with E-state index >= 15 is 0 Å². The molecule has 0 N–H and O–H groups in total. The van der Waals surface area contributed by atoms with Gasteiger partial charge < -0.3 is 0 Å². The van der Waals surface area contributed by atoms with Gasteiger partial charge in [0.1, 0.15) is 5.82 Å². The first-order chi connectivity index (χ1) is 6.22. The van der Waals surface area contributed by atoms with Gasteiger partial charge in [-0.1, -0.05) is 0 Å². The van der Waals surface area contributed by atoms with Crippen LogP contribution in [0.1, 0.15) is 12.6 Å². The first-order valence-corrected chi connectivity index (χ1v) is 4.35. The van der Waals surface area contributed by atoms with Crippen molar-refractivity contribution in [1.29, 1.82) is 0 Å². The highest BCUT2D eigenvalue weighted by Crippen LogP contribution is 2.18. The zero-order chi connectivity index (χ0) is 9.42. The smallest absolute Gasteiger partial charge is 0.125 e. The second-order valence-electron chi connectivity index (χ2n) is 3.06. The molecule has 0 saturated heterocycles. The minimum atomic E-state index is -0.228. The van der Waals surface area contributed by atoms with Crippen LogP contribution < -0.4 is 0 Å². The maximum Gasteiger partial charge on any atom is 0.125 e. The van der Waals surface area contributed by atoms with Crippen molar-refractivity contribution >= 4 is 10.9 Å². The molecule has 0 unspecified atom stereocenters. The summed E-state index contributed by atoms with van der Waals surface area (Å²) in [6.45, 7) is 4.84. The van der Waals surface area contributed by atoms with Gasteiger partial charge in [0.2, 0.25) is 0 Å². The molecule has 1 aromatic heterocycles. The third-order valence-corrected chi connectivity index (χ3v) is 2.26. The average Bonchev–Trinajstić information content (AvgIpc) is 2.42. The molecule has 0 fully saturated rings. The van der Waals surface area contributed by atoms with E-state index in [0.29, 0.717) is 0 Å². The summed E-state index contributed by atoms with van der Waals surface area (Å²) in [5.74, 6) is -0.228. The molecule has 1 heterocycles. The van der Waals surface area contributed by atoms with Crippen molar-refractivity contribution in [1.82, 2.24) is 9.78 Å². The molecule has 1 aromatic carbocycles. The Hall–Kier alpha value is -1.38. The zero-order valence-electron chi connectivity index (χ0n) is 7.71. The number of rotatable bonds is 1. The quantitative estimate of drug-likeness (QED) is 0.656. The summed E-state index contributed by atoms with van der Waals surface area (Å²) in [6, 6.07) is 4.71. The van der Waals surface area contributed by atoms with Crippen molar-refractivity contribution in [2.24, 2.45) is 0 Å². The molecule has 0 aliphatic carbocycles. The highest BCUT2D eigenvalue weighted by molar-refractivity contribution is 5.81. The normalized spacial score (nSPS) is 11.0. The highest BCUT2D eigenvalue weighted by Gasteiger charge is 2.05. The van der Waals surface area contributed by atoms with Crippen LogP contribution in [0.4, 0.5) is 4.39 Å². The zero-order valence-corrected chi connectivity index (χ0v) is 7.71. The lowest BCUT2D eigenvalue weighted by Gasteiger charge is -1.96. The van der Waals surface area contributed by atoms with Crippen molar-refractivity contribution in [3.63, 3.8) is 0 Å². The van der Waals surface area contributed by atoms with E-state index in [1.54, 1.807) is 6.07 Å². The number of fused-ring (bicyclic) bond motifs is 1. The molecule has 0 aliphatic heterocycles. The third kappa shape index (κ3) is 1.20. The lowest BCUT2D eigenvalue weighted by atomic mass is 10.2. The van der Waals surface area contributed by atoms with Crippen LogP contribution in [0.15, 0.2) is 18.2 Å². The van der Waals surface area contributed by atoms with Crippen molar-refractivity contribution < 1.29 is 4.39 Å². The minimum absolute atomic E-state index is 0.228. The van der Waals surface area contributed by atoms with E-state index < -0.39 is 0 Å². The van der Waals surface area contributed by atoms with Crippen molar-refractivity contribution in [3.05, 3.63) is 29.7 Å². The lowest BCUT2D eigenvalue weighted by Crippen LogP contribution is -1.97. The van der Waals surface area contributed by atoms with Gasteiger partial charge >= 0.3 is 0 Å². The Morgan fingerprint density at radius 1 is 1.46 bits per heavy atom. The van der Waals surface area contributed by atoms with E-state index in [-0.39, 0.29) is 5.82 Å². The van der Waals surface area contributed by atoms with Gasteiger partial charge in [0.25, 0.3) is 0 Å². The van der Waals surface area contributed by atoms with Crippen LogP contribution in [0.5, 0.6) is 0 Å². The van der Waals surface area contributed by atoms with Gasteiger partial charge in [0.15, 0.2) is 0 Å². The van der Waals surface area contributed by atoms with Gasteiger partial charge in [0.05, 0.1) is 5.52 Å². The molecule has 2 rings (SSSR count). The molecule has 0 radical (unpaired) electrons. The number of aryl methyl sites for hydroxylation is 2. The summed E-state index contributed by atoms with van der Waals surface area (Å²) >= 11 is 0. The van der Waals surface area contributed by atoms with Gasteiger partial charge in [-0.15, -0.1) is 0 Å².